The van der Waals surface area contributed by atoms with Crippen molar-refractivity contribution in [2.45, 2.75) is 105 Å². The molecular weight excluding hydrogens is 706 g/mol. The Morgan fingerprint density at radius 1 is 0.792 bits per heavy atom. The zero-order valence-corrected chi connectivity index (χ0v) is 26.5. The zero-order valence-electron chi connectivity index (χ0n) is 24.9. The van der Waals surface area contributed by atoms with Crippen LogP contribution in [0.2, 0.25) is 0 Å². The molecule has 2 aliphatic heterocycles. The number of nitrogens with one attached hydrogen (secondary N) is 1. The second-order valence-corrected chi connectivity index (χ2v) is 12.5. The smallest absolute Gasteiger partial charge is 0.394 e. The molecular formula is C21H45N5O20S2. The lowest BCUT2D eigenvalue weighted by Gasteiger charge is -2.48. The number of aliphatic hydroxyl groups is 7. The molecule has 25 nitrogen and oxygen atoms in total. The maximum atomic E-state index is 12.4. The maximum Gasteiger partial charge on any atom is 0.394 e. The van der Waals surface area contributed by atoms with E-state index in [9.17, 15) is 40.5 Å². The molecule has 2 saturated heterocycles. The Labute approximate surface area is 273 Å². The van der Waals surface area contributed by atoms with Crippen molar-refractivity contribution in [1.29, 1.82) is 0 Å². The molecule has 2 heterocycles. The molecule has 0 aromatic heterocycles. The molecule has 0 aromatic rings. The minimum atomic E-state index is -4.67. The summed E-state index contributed by atoms with van der Waals surface area (Å²) < 4.78 is 85.9. The van der Waals surface area contributed by atoms with Crippen molar-refractivity contribution in [3.05, 3.63) is 0 Å². The normalized spacial score (nSPS) is 39.3. The molecule has 3 fully saturated rings. The molecule has 3 rings (SSSR count). The minimum Gasteiger partial charge on any atom is -0.394 e. The first-order chi connectivity index (χ1) is 21.9. The zero-order chi connectivity index (χ0) is 37.3. The Morgan fingerprint density at radius 2 is 1.27 bits per heavy atom. The fraction of sp³-hybridized carbons (Fsp3) is 0.952. The molecule has 0 unspecified atom stereocenters. The number of amides is 1. The second-order valence-electron chi connectivity index (χ2n) is 10.7. The van der Waals surface area contributed by atoms with Gasteiger partial charge < -0.3 is 82.9 Å². The third-order valence-corrected chi connectivity index (χ3v) is 7.15. The van der Waals surface area contributed by atoms with Gasteiger partial charge in [0.15, 0.2) is 12.6 Å². The third kappa shape index (κ3) is 14.1. The predicted octanol–water partition coefficient (Wildman–Crippen LogP) is -9.09. The van der Waals surface area contributed by atoms with Gasteiger partial charge in [-0.3, -0.25) is 23.0 Å². The molecule has 1 amide bonds. The fourth-order valence-corrected chi connectivity index (χ4v) is 4.84. The largest absolute Gasteiger partial charge is 0.394 e. The van der Waals surface area contributed by atoms with Crippen LogP contribution in [0, 0.1) is 0 Å². The van der Waals surface area contributed by atoms with Crippen LogP contribution in [0.25, 0.3) is 0 Å². The van der Waals surface area contributed by atoms with Crippen molar-refractivity contribution in [2.24, 2.45) is 22.9 Å². The van der Waals surface area contributed by atoms with Gasteiger partial charge in [-0.05, 0) is 19.4 Å². The quantitative estimate of drug-likeness (QED) is 0.0921. The molecule has 0 aromatic carbocycles. The summed E-state index contributed by atoms with van der Waals surface area (Å²) in [5.41, 5.74) is 23.3. The number of carbonyl (C=O) groups is 1. The summed E-state index contributed by atoms with van der Waals surface area (Å²) >= 11 is 0. The summed E-state index contributed by atoms with van der Waals surface area (Å²) in [4.78, 5) is 12.4. The summed E-state index contributed by atoms with van der Waals surface area (Å²) in [7, 11) is -9.33. The first-order valence-corrected chi connectivity index (χ1v) is 16.7. The summed E-state index contributed by atoms with van der Waals surface area (Å²) in [5, 5.41) is 74.0. The van der Waals surface area contributed by atoms with E-state index in [0.717, 1.165) is 0 Å². The Bertz CT molecular complexity index is 1160. The average Bonchev–Trinajstić information content (AvgIpc) is 3.23. The summed E-state index contributed by atoms with van der Waals surface area (Å²) in [6.07, 6.45) is -16.9. The first-order valence-electron chi connectivity index (χ1n) is 13.9. The Kier molecular flexibility index (Phi) is 17.9. The SMILES string of the molecule is NCC[C@H](O)C(=O)N[C@@H]1C[C@H](N)[C@@H](O[C@H]2O[C@H](CN)[C@@H](O)[C@H](O)[C@H]2N)[C@H](O[C@@H]2O[C@H](CO)[C@H](O)[C@H]2O)[C@H]1O.O=S(=O)(O)O.O=S(=O)(O)O. The molecule has 1 saturated carbocycles. The number of hydrogen-bond acceptors (Lipinski definition) is 20. The van der Waals surface area contributed by atoms with Crippen LogP contribution in [0.15, 0.2) is 0 Å². The van der Waals surface area contributed by atoms with Gasteiger partial charge in [-0.15, -0.1) is 0 Å². The molecule has 1 aliphatic carbocycles. The van der Waals surface area contributed by atoms with Crippen LogP contribution < -0.4 is 28.3 Å². The molecule has 0 spiro atoms. The summed E-state index contributed by atoms with van der Waals surface area (Å²) in [6.45, 7) is -0.764. The molecule has 48 heavy (non-hydrogen) atoms. The van der Waals surface area contributed by atoms with Gasteiger partial charge in [-0.25, -0.2) is 0 Å². The van der Waals surface area contributed by atoms with E-state index in [2.05, 4.69) is 5.32 Å². The van der Waals surface area contributed by atoms with Gasteiger partial charge >= 0.3 is 20.8 Å². The Morgan fingerprint density at radius 3 is 1.73 bits per heavy atom. The van der Waals surface area contributed by atoms with Crippen LogP contribution in [-0.4, -0.2) is 188 Å². The number of carbonyl (C=O) groups excluding carboxylic acids is 1. The van der Waals surface area contributed by atoms with Crippen molar-refractivity contribution in [3.8, 4) is 0 Å². The second kappa shape index (κ2) is 19.3. The van der Waals surface area contributed by atoms with Gasteiger partial charge in [0, 0.05) is 12.6 Å². The highest BCUT2D eigenvalue weighted by molar-refractivity contribution is 7.80. The fourth-order valence-electron chi connectivity index (χ4n) is 4.84. The lowest BCUT2D eigenvalue weighted by Crippen LogP contribution is -2.69. The van der Waals surface area contributed by atoms with Crippen molar-refractivity contribution in [3.63, 3.8) is 0 Å². The highest BCUT2D eigenvalue weighted by Crippen LogP contribution is 2.32. The standard InChI is InChI=1S/C21H41N5O12.2H2O4S/c22-2-1-8(28)19(34)26-7-3-6(24)17(37-20-11(25)15(32)13(30)9(4-23)35-20)18(12(7)29)38-21-16(33)14(31)10(5-27)36-21;2*1-5(2,3)4/h6-18,20-21,27-33H,1-5,22-25H2,(H,26,34);2*(H2,1,2,3,4)/t6-,7+,8-,9+,10+,11+,12-,13+,14-,15+,16+,17+,18+,20+,21-;;/m0../s1. The van der Waals surface area contributed by atoms with Crippen LogP contribution in [0.4, 0.5) is 0 Å². The Balaban J connectivity index is 0.00000100. The van der Waals surface area contributed by atoms with E-state index in [1.165, 1.54) is 0 Å². The average molecular weight is 752 g/mol. The molecule has 0 bridgehead atoms. The van der Waals surface area contributed by atoms with Crippen LogP contribution in [0.3, 0.4) is 0 Å². The molecule has 0 radical (unpaired) electrons. The van der Waals surface area contributed by atoms with Crippen LogP contribution >= 0.6 is 0 Å². The lowest BCUT2D eigenvalue weighted by atomic mass is 9.83. The predicted molar refractivity (Wildman–Crippen MR) is 154 cm³/mol. The van der Waals surface area contributed by atoms with E-state index in [4.69, 9.17) is 76.9 Å². The van der Waals surface area contributed by atoms with Crippen LogP contribution in [0.1, 0.15) is 12.8 Å². The van der Waals surface area contributed by atoms with E-state index >= 15 is 0 Å². The number of ether oxygens (including phenoxy) is 4. The van der Waals surface area contributed by atoms with Crippen LogP contribution in [0.5, 0.6) is 0 Å². The molecule has 15 atom stereocenters. The van der Waals surface area contributed by atoms with E-state index in [0.29, 0.717) is 0 Å². The van der Waals surface area contributed by atoms with Gasteiger partial charge in [-0.1, -0.05) is 0 Å². The van der Waals surface area contributed by atoms with Gasteiger partial charge in [0.2, 0.25) is 5.91 Å². The number of nitrogens with two attached hydrogens (primary N) is 4. The van der Waals surface area contributed by atoms with E-state index in [-0.39, 0.29) is 25.9 Å². The van der Waals surface area contributed by atoms with Crippen molar-refractivity contribution < 1.29 is 94.5 Å². The highest BCUT2D eigenvalue weighted by atomic mass is 32.3. The molecule has 27 heteroatoms. The van der Waals surface area contributed by atoms with E-state index in [1.54, 1.807) is 0 Å². The van der Waals surface area contributed by atoms with E-state index in [1.807, 2.05) is 0 Å². The third-order valence-electron chi connectivity index (χ3n) is 7.15. The number of rotatable bonds is 10. The highest BCUT2D eigenvalue weighted by Gasteiger charge is 2.53. The number of hydrogen-bond donors (Lipinski definition) is 16. The molecule has 3 aliphatic rings. The maximum absolute atomic E-state index is 12.4. The molecule has 20 N–H and O–H groups in total. The van der Waals surface area contributed by atoms with Crippen molar-refractivity contribution in [2.75, 3.05) is 19.7 Å². The number of aliphatic hydroxyl groups excluding tert-OH is 7. The van der Waals surface area contributed by atoms with Crippen LogP contribution in [-0.2, 0) is 44.5 Å². The Hall–Kier alpha value is -1.39. The molecule has 286 valence electrons. The summed E-state index contributed by atoms with van der Waals surface area (Å²) in [6, 6.07) is -3.29. The van der Waals surface area contributed by atoms with Gasteiger partial charge in [0.25, 0.3) is 0 Å². The van der Waals surface area contributed by atoms with Gasteiger partial charge in [-0.2, -0.15) is 16.8 Å². The lowest BCUT2D eigenvalue weighted by molar-refractivity contribution is -0.307. The van der Waals surface area contributed by atoms with Gasteiger partial charge in [0.1, 0.15) is 61.0 Å². The van der Waals surface area contributed by atoms with Crippen molar-refractivity contribution in [1.82, 2.24) is 5.32 Å². The van der Waals surface area contributed by atoms with E-state index < -0.39 is 125 Å². The van der Waals surface area contributed by atoms with Crippen molar-refractivity contribution >= 4 is 26.7 Å². The van der Waals surface area contributed by atoms with Gasteiger partial charge in [0.05, 0.1) is 18.7 Å². The minimum absolute atomic E-state index is 0.0255. The monoisotopic (exact) mass is 751 g/mol. The topological polar surface area (TPSA) is 461 Å². The first kappa shape index (κ1) is 44.6. The summed E-state index contributed by atoms with van der Waals surface area (Å²) in [5.74, 6) is -0.807.